The third kappa shape index (κ3) is 3.47. The van der Waals surface area contributed by atoms with Crippen molar-refractivity contribution >= 4 is 27.5 Å². The molecule has 0 radical (unpaired) electrons. The lowest BCUT2D eigenvalue weighted by molar-refractivity contribution is -0.0585. The van der Waals surface area contributed by atoms with Crippen molar-refractivity contribution in [3.63, 3.8) is 0 Å². The zero-order valence-corrected chi connectivity index (χ0v) is 16.0. The SMILES string of the molecule is COCc1nc(OC)c2c(C)c(C(=O)N3CC(C)OC(C)C3)sc2n1. The number of methoxy groups -OCH3 is 2. The summed E-state index contributed by atoms with van der Waals surface area (Å²) in [5.74, 6) is 1.03. The molecular weight excluding hydrogens is 342 g/mol. The third-order valence-electron chi connectivity index (χ3n) is 4.17. The lowest BCUT2D eigenvalue weighted by Crippen LogP contribution is -2.48. The molecule has 3 heterocycles. The molecule has 7 nitrogen and oxygen atoms in total. The molecule has 2 unspecified atom stereocenters. The van der Waals surface area contributed by atoms with Crippen LogP contribution in [-0.2, 0) is 16.1 Å². The molecule has 0 aromatic carbocycles. The highest BCUT2D eigenvalue weighted by Crippen LogP contribution is 2.36. The van der Waals surface area contributed by atoms with Crippen molar-refractivity contribution in [2.75, 3.05) is 27.3 Å². The molecule has 2 atom stereocenters. The van der Waals surface area contributed by atoms with E-state index < -0.39 is 0 Å². The monoisotopic (exact) mass is 365 g/mol. The minimum atomic E-state index is 0.0119. The van der Waals surface area contributed by atoms with E-state index in [1.165, 1.54) is 11.3 Å². The van der Waals surface area contributed by atoms with Crippen molar-refractivity contribution in [3.05, 3.63) is 16.3 Å². The molecular formula is C17H23N3O4S. The van der Waals surface area contributed by atoms with Crippen molar-refractivity contribution in [1.82, 2.24) is 14.9 Å². The Kier molecular flexibility index (Phi) is 5.21. The first-order chi connectivity index (χ1) is 11.9. The van der Waals surface area contributed by atoms with E-state index in [2.05, 4.69) is 9.97 Å². The van der Waals surface area contributed by atoms with Crippen LogP contribution in [0.15, 0.2) is 0 Å². The van der Waals surface area contributed by atoms with E-state index in [1.54, 1.807) is 14.2 Å². The molecule has 0 N–H and O–H groups in total. The van der Waals surface area contributed by atoms with Crippen LogP contribution in [0.5, 0.6) is 5.88 Å². The van der Waals surface area contributed by atoms with Crippen molar-refractivity contribution in [2.24, 2.45) is 0 Å². The van der Waals surface area contributed by atoms with Crippen LogP contribution in [0.4, 0.5) is 0 Å². The van der Waals surface area contributed by atoms with Crippen LogP contribution in [0, 0.1) is 6.92 Å². The van der Waals surface area contributed by atoms with E-state index in [0.29, 0.717) is 36.3 Å². The topological polar surface area (TPSA) is 73.8 Å². The number of thiophene rings is 1. The van der Waals surface area contributed by atoms with Gasteiger partial charge >= 0.3 is 0 Å². The highest BCUT2D eigenvalue weighted by molar-refractivity contribution is 7.20. The Hall–Kier alpha value is -1.77. The first-order valence-electron chi connectivity index (χ1n) is 8.22. The highest BCUT2D eigenvalue weighted by atomic mass is 32.1. The van der Waals surface area contributed by atoms with Gasteiger partial charge in [-0.15, -0.1) is 11.3 Å². The lowest BCUT2D eigenvalue weighted by Gasteiger charge is -2.35. The van der Waals surface area contributed by atoms with Gasteiger partial charge in [0, 0.05) is 20.2 Å². The Morgan fingerprint density at radius 2 is 1.96 bits per heavy atom. The second kappa shape index (κ2) is 7.23. The van der Waals surface area contributed by atoms with E-state index in [-0.39, 0.29) is 18.1 Å². The molecule has 8 heteroatoms. The minimum Gasteiger partial charge on any atom is -0.480 e. The Morgan fingerprint density at radius 3 is 2.56 bits per heavy atom. The third-order valence-corrected chi connectivity index (χ3v) is 5.34. The minimum absolute atomic E-state index is 0.0119. The van der Waals surface area contributed by atoms with Gasteiger partial charge in [0.25, 0.3) is 5.91 Å². The van der Waals surface area contributed by atoms with Crippen LogP contribution >= 0.6 is 11.3 Å². The summed E-state index contributed by atoms with van der Waals surface area (Å²) in [6.07, 6.45) is 0.0648. The van der Waals surface area contributed by atoms with Crippen LogP contribution in [0.2, 0.25) is 0 Å². The molecule has 136 valence electrons. The maximum atomic E-state index is 13.1. The van der Waals surface area contributed by atoms with Crippen LogP contribution in [0.25, 0.3) is 10.2 Å². The van der Waals surface area contributed by atoms with Gasteiger partial charge in [-0.1, -0.05) is 0 Å². The van der Waals surface area contributed by atoms with E-state index >= 15 is 0 Å². The highest BCUT2D eigenvalue weighted by Gasteiger charge is 2.30. The Balaban J connectivity index is 2.01. The van der Waals surface area contributed by atoms with Crippen LogP contribution in [0.3, 0.4) is 0 Å². The predicted molar refractivity (Wildman–Crippen MR) is 95.3 cm³/mol. The normalized spacial score (nSPS) is 20.9. The van der Waals surface area contributed by atoms with Crippen LogP contribution in [0.1, 0.15) is 34.9 Å². The average molecular weight is 365 g/mol. The number of aryl methyl sites for hydroxylation is 1. The number of ether oxygens (including phenoxy) is 3. The van der Waals surface area contributed by atoms with Gasteiger partial charge in [0.1, 0.15) is 11.4 Å². The van der Waals surface area contributed by atoms with Crippen LogP contribution < -0.4 is 4.74 Å². The van der Waals surface area contributed by atoms with Crippen molar-refractivity contribution < 1.29 is 19.0 Å². The molecule has 1 amide bonds. The fourth-order valence-corrected chi connectivity index (χ4v) is 4.34. The number of fused-ring (bicyclic) bond motifs is 1. The first-order valence-corrected chi connectivity index (χ1v) is 9.03. The van der Waals surface area contributed by atoms with Gasteiger partial charge in [0.15, 0.2) is 5.82 Å². The Labute approximate surface area is 150 Å². The summed E-state index contributed by atoms with van der Waals surface area (Å²) < 4.78 is 16.3. The van der Waals surface area contributed by atoms with E-state index in [4.69, 9.17) is 14.2 Å². The number of morpholine rings is 1. The number of rotatable bonds is 4. The number of carbonyl (C=O) groups is 1. The molecule has 2 aromatic rings. The average Bonchev–Trinajstić information content (AvgIpc) is 2.89. The Bertz CT molecular complexity index is 782. The molecule has 0 bridgehead atoms. The summed E-state index contributed by atoms with van der Waals surface area (Å²) in [5, 5.41) is 0.796. The summed E-state index contributed by atoms with van der Waals surface area (Å²) in [6.45, 7) is 7.37. The first kappa shape index (κ1) is 18.0. The van der Waals surface area contributed by atoms with Gasteiger partial charge in [-0.3, -0.25) is 4.79 Å². The number of nitrogens with zero attached hydrogens (tertiary/aromatic N) is 3. The van der Waals surface area contributed by atoms with Crippen molar-refractivity contribution in [1.29, 1.82) is 0 Å². The van der Waals surface area contributed by atoms with Crippen molar-refractivity contribution in [2.45, 2.75) is 39.6 Å². The van der Waals surface area contributed by atoms with E-state index in [0.717, 1.165) is 15.8 Å². The van der Waals surface area contributed by atoms with Gasteiger partial charge in [0.05, 0.1) is 29.6 Å². The molecule has 1 saturated heterocycles. The largest absolute Gasteiger partial charge is 0.480 e. The maximum absolute atomic E-state index is 13.1. The molecule has 1 aliphatic rings. The predicted octanol–water partition coefficient (Wildman–Crippen LogP) is 2.40. The zero-order chi connectivity index (χ0) is 18.1. The summed E-state index contributed by atoms with van der Waals surface area (Å²) in [6, 6.07) is 0. The zero-order valence-electron chi connectivity index (χ0n) is 15.2. The Morgan fingerprint density at radius 1 is 1.28 bits per heavy atom. The molecule has 1 aliphatic heterocycles. The molecule has 25 heavy (non-hydrogen) atoms. The molecule has 2 aromatic heterocycles. The summed E-state index contributed by atoms with van der Waals surface area (Å²) in [7, 11) is 3.16. The summed E-state index contributed by atoms with van der Waals surface area (Å²) in [5.41, 5.74) is 0.859. The fraction of sp³-hybridized carbons (Fsp3) is 0.588. The summed E-state index contributed by atoms with van der Waals surface area (Å²) >= 11 is 1.38. The van der Waals surface area contributed by atoms with Gasteiger partial charge < -0.3 is 19.1 Å². The fourth-order valence-electron chi connectivity index (χ4n) is 3.18. The summed E-state index contributed by atoms with van der Waals surface area (Å²) in [4.78, 5) is 25.2. The number of hydrogen-bond donors (Lipinski definition) is 0. The second-order valence-electron chi connectivity index (χ2n) is 6.29. The number of amides is 1. The van der Waals surface area contributed by atoms with Crippen molar-refractivity contribution in [3.8, 4) is 5.88 Å². The van der Waals surface area contributed by atoms with Gasteiger partial charge in [-0.05, 0) is 26.3 Å². The maximum Gasteiger partial charge on any atom is 0.264 e. The second-order valence-corrected chi connectivity index (χ2v) is 7.28. The number of carbonyl (C=O) groups excluding carboxylic acids is 1. The van der Waals surface area contributed by atoms with Gasteiger partial charge in [-0.2, -0.15) is 4.98 Å². The number of hydrogen-bond acceptors (Lipinski definition) is 7. The van der Waals surface area contributed by atoms with Gasteiger partial charge in [0.2, 0.25) is 5.88 Å². The molecule has 0 saturated carbocycles. The lowest BCUT2D eigenvalue weighted by atomic mass is 10.1. The molecule has 0 spiro atoms. The van der Waals surface area contributed by atoms with Crippen LogP contribution in [-0.4, -0.2) is 60.3 Å². The standard InChI is InChI=1S/C17H23N3O4S/c1-9-6-20(7-10(2)24-9)17(21)14-11(3)13-15(23-5)18-12(8-22-4)19-16(13)25-14/h9-10H,6-8H2,1-5H3. The molecule has 1 fully saturated rings. The smallest absolute Gasteiger partial charge is 0.264 e. The van der Waals surface area contributed by atoms with E-state index in [9.17, 15) is 4.79 Å². The number of aromatic nitrogens is 2. The molecule has 0 aliphatic carbocycles. The van der Waals surface area contributed by atoms with E-state index in [1.807, 2.05) is 25.7 Å². The van der Waals surface area contributed by atoms with Gasteiger partial charge in [-0.25, -0.2) is 4.98 Å². The quantitative estimate of drug-likeness (QED) is 0.828. The molecule has 3 rings (SSSR count).